The van der Waals surface area contributed by atoms with Crippen LogP contribution in [-0.2, 0) is 16.1 Å². The lowest BCUT2D eigenvalue weighted by Crippen LogP contribution is -2.30. The van der Waals surface area contributed by atoms with Crippen LogP contribution in [0.4, 0.5) is 5.95 Å². The van der Waals surface area contributed by atoms with Crippen LogP contribution < -0.4 is 10.1 Å². The first-order chi connectivity index (χ1) is 17.2. The number of aromatic nitrogens is 3. The number of allylic oxidation sites excluding steroid dienone is 1. The summed E-state index contributed by atoms with van der Waals surface area (Å²) in [4.78, 5) is 17.5. The van der Waals surface area contributed by atoms with Crippen LogP contribution in [0.3, 0.4) is 0 Å². The molecule has 0 amide bonds. The zero-order chi connectivity index (χ0) is 24.2. The molecule has 0 radical (unpaired) electrons. The second-order valence-electron chi connectivity index (χ2n) is 8.42. The molecule has 35 heavy (non-hydrogen) atoms. The summed E-state index contributed by atoms with van der Waals surface area (Å²) in [5.41, 5.74) is 3.37. The number of fused-ring (bicyclic) bond motifs is 2. The van der Waals surface area contributed by atoms with Gasteiger partial charge in [0.1, 0.15) is 24.7 Å². The van der Waals surface area contributed by atoms with Gasteiger partial charge in [-0.3, -0.25) is 0 Å². The van der Waals surface area contributed by atoms with Crippen molar-refractivity contribution >= 4 is 22.7 Å². The zero-order valence-corrected chi connectivity index (χ0v) is 19.9. The zero-order valence-electron chi connectivity index (χ0n) is 19.9. The van der Waals surface area contributed by atoms with E-state index in [2.05, 4.69) is 46.6 Å². The molecule has 0 bridgehead atoms. The van der Waals surface area contributed by atoms with Crippen molar-refractivity contribution in [3.05, 3.63) is 95.5 Å². The van der Waals surface area contributed by atoms with Crippen LogP contribution in [0.2, 0.25) is 0 Å². The Hall–Kier alpha value is -4.13. The van der Waals surface area contributed by atoms with Gasteiger partial charge in [-0.2, -0.15) is 10.1 Å². The van der Waals surface area contributed by atoms with Gasteiger partial charge in [-0.25, -0.2) is 9.48 Å². The maximum absolute atomic E-state index is 13.1. The smallest absolute Gasteiger partial charge is 0.338 e. The van der Waals surface area contributed by atoms with Crippen LogP contribution >= 0.6 is 0 Å². The summed E-state index contributed by atoms with van der Waals surface area (Å²) in [7, 11) is 0. The minimum absolute atomic E-state index is 0.298. The summed E-state index contributed by atoms with van der Waals surface area (Å²) in [6.45, 7) is 4.62. The monoisotopic (exact) mass is 468 g/mol. The molecule has 0 unspecified atom stereocenters. The normalized spacial score (nSPS) is 15.0. The van der Waals surface area contributed by atoms with Crippen molar-refractivity contribution in [3.8, 4) is 5.75 Å². The largest absolute Gasteiger partial charge is 0.489 e. The molecule has 0 aliphatic carbocycles. The first-order valence-corrected chi connectivity index (χ1v) is 12.0. The molecule has 7 heteroatoms. The fourth-order valence-electron chi connectivity index (χ4n) is 4.57. The average molecular weight is 469 g/mol. The maximum Gasteiger partial charge on any atom is 0.338 e. The Morgan fingerprint density at radius 3 is 2.74 bits per heavy atom. The molecular formula is C28H28N4O3. The Kier molecular flexibility index (Phi) is 6.48. The molecular weight excluding hydrogens is 440 g/mol. The van der Waals surface area contributed by atoms with Crippen molar-refractivity contribution in [2.75, 3.05) is 11.9 Å². The van der Waals surface area contributed by atoms with Crippen LogP contribution in [0.15, 0.2) is 84.3 Å². The first kappa shape index (κ1) is 22.7. The molecule has 3 aromatic carbocycles. The molecule has 1 atom stereocenters. The Morgan fingerprint density at radius 2 is 1.89 bits per heavy atom. The van der Waals surface area contributed by atoms with Crippen LogP contribution in [0.1, 0.15) is 43.9 Å². The summed E-state index contributed by atoms with van der Waals surface area (Å²) in [5, 5.41) is 10.1. The Balaban J connectivity index is 1.49. The second kappa shape index (κ2) is 10.0. The summed E-state index contributed by atoms with van der Waals surface area (Å²) in [5.74, 6) is 0.973. The van der Waals surface area contributed by atoms with Gasteiger partial charge in [-0.05, 0) is 47.4 Å². The van der Waals surface area contributed by atoms with Crippen molar-refractivity contribution in [2.45, 2.75) is 39.3 Å². The van der Waals surface area contributed by atoms with Crippen molar-refractivity contribution in [3.63, 3.8) is 0 Å². The fraction of sp³-hybridized carbons (Fsp3) is 0.250. The first-order valence-electron chi connectivity index (χ1n) is 12.0. The molecule has 1 aliphatic heterocycles. The molecule has 178 valence electrons. The molecule has 0 saturated carbocycles. The number of benzene rings is 3. The fourth-order valence-corrected chi connectivity index (χ4v) is 4.57. The second-order valence-corrected chi connectivity index (χ2v) is 8.42. The van der Waals surface area contributed by atoms with E-state index in [0.29, 0.717) is 31.2 Å². The van der Waals surface area contributed by atoms with Crippen LogP contribution in [0, 0.1) is 0 Å². The molecule has 5 rings (SSSR count). The Labute approximate surface area is 204 Å². The average Bonchev–Trinajstić information content (AvgIpc) is 3.35. The van der Waals surface area contributed by atoms with Crippen molar-refractivity contribution in [1.82, 2.24) is 14.8 Å². The quantitative estimate of drug-likeness (QED) is 0.337. The van der Waals surface area contributed by atoms with E-state index in [1.165, 1.54) is 17.1 Å². The molecule has 0 spiro atoms. The molecule has 0 fully saturated rings. The number of rotatable bonds is 8. The van der Waals surface area contributed by atoms with Gasteiger partial charge in [0, 0.05) is 5.70 Å². The summed E-state index contributed by atoms with van der Waals surface area (Å²) >= 11 is 0. The van der Waals surface area contributed by atoms with Crippen molar-refractivity contribution in [1.29, 1.82) is 0 Å². The van der Waals surface area contributed by atoms with E-state index in [1.54, 1.807) is 4.68 Å². The van der Waals surface area contributed by atoms with Gasteiger partial charge in [-0.15, -0.1) is 0 Å². The number of carbonyl (C=O) groups excluding carboxylic acids is 1. The van der Waals surface area contributed by atoms with E-state index in [4.69, 9.17) is 9.47 Å². The highest BCUT2D eigenvalue weighted by molar-refractivity contribution is 5.92. The van der Waals surface area contributed by atoms with Gasteiger partial charge < -0.3 is 14.8 Å². The SMILES string of the molecule is CCCC1=C(C(=O)OCC)[C@H](c2cccc(OCc3cccc4ccccc34)c2)n2ncnc2N1. The van der Waals surface area contributed by atoms with E-state index in [9.17, 15) is 4.79 Å². The minimum Gasteiger partial charge on any atom is -0.489 e. The third kappa shape index (κ3) is 4.49. The standard InChI is InChI=1S/C28H28N4O3/c1-3-9-24-25(27(33)34-4-2)26(32-28(31-24)29-18-30-32)20-12-8-14-22(16-20)35-17-21-13-7-11-19-10-5-6-15-23(19)21/h5-8,10-16,18,26H,3-4,9,17H2,1-2H3,(H,29,30,31)/t26-/m0/s1. The third-order valence-corrected chi connectivity index (χ3v) is 6.12. The summed E-state index contributed by atoms with van der Waals surface area (Å²) in [6, 6.07) is 21.9. The highest BCUT2D eigenvalue weighted by Gasteiger charge is 2.35. The predicted octanol–water partition coefficient (Wildman–Crippen LogP) is 5.64. The maximum atomic E-state index is 13.1. The highest BCUT2D eigenvalue weighted by Crippen LogP contribution is 2.37. The summed E-state index contributed by atoms with van der Waals surface area (Å²) in [6.07, 6.45) is 3.07. The number of nitrogens with one attached hydrogen (secondary N) is 1. The van der Waals surface area contributed by atoms with Gasteiger partial charge in [0.2, 0.25) is 5.95 Å². The van der Waals surface area contributed by atoms with Crippen LogP contribution in [-0.4, -0.2) is 27.3 Å². The van der Waals surface area contributed by atoms with E-state index in [0.717, 1.165) is 29.0 Å². The van der Waals surface area contributed by atoms with Crippen molar-refractivity contribution < 1.29 is 14.3 Å². The summed E-state index contributed by atoms with van der Waals surface area (Å²) < 4.78 is 13.4. The number of ether oxygens (including phenoxy) is 2. The van der Waals surface area contributed by atoms with Crippen molar-refractivity contribution in [2.24, 2.45) is 0 Å². The molecule has 4 aromatic rings. The van der Waals surface area contributed by atoms with Crippen LogP contribution in [0.25, 0.3) is 10.8 Å². The highest BCUT2D eigenvalue weighted by atomic mass is 16.5. The molecule has 2 heterocycles. The molecule has 1 aromatic heterocycles. The number of nitrogens with zero attached hydrogens (tertiary/aromatic N) is 3. The predicted molar refractivity (Wildman–Crippen MR) is 135 cm³/mol. The lowest BCUT2D eigenvalue weighted by Gasteiger charge is -2.29. The Bertz CT molecular complexity index is 1390. The molecule has 1 aliphatic rings. The minimum atomic E-state index is -0.463. The van der Waals surface area contributed by atoms with Gasteiger partial charge in [-0.1, -0.05) is 67.9 Å². The molecule has 0 saturated heterocycles. The number of hydrogen-bond donors (Lipinski definition) is 1. The van der Waals surface area contributed by atoms with E-state index in [-0.39, 0.29) is 5.97 Å². The number of carbonyl (C=O) groups is 1. The Morgan fingerprint density at radius 1 is 1.06 bits per heavy atom. The van der Waals surface area contributed by atoms with E-state index in [1.807, 2.05) is 49.4 Å². The van der Waals surface area contributed by atoms with E-state index >= 15 is 0 Å². The molecule has 1 N–H and O–H groups in total. The number of hydrogen-bond acceptors (Lipinski definition) is 6. The third-order valence-electron chi connectivity index (χ3n) is 6.12. The van der Waals surface area contributed by atoms with Gasteiger partial charge in [0.05, 0.1) is 12.2 Å². The van der Waals surface area contributed by atoms with Gasteiger partial charge in [0.25, 0.3) is 0 Å². The van der Waals surface area contributed by atoms with Gasteiger partial charge in [0.15, 0.2) is 0 Å². The van der Waals surface area contributed by atoms with Gasteiger partial charge >= 0.3 is 5.97 Å². The van der Waals surface area contributed by atoms with Crippen LogP contribution in [0.5, 0.6) is 5.75 Å². The van der Waals surface area contributed by atoms with E-state index < -0.39 is 6.04 Å². The number of esters is 1. The number of anilines is 1. The topological polar surface area (TPSA) is 78.3 Å². The molecule has 7 nitrogen and oxygen atoms in total. The lowest BCUT2D eigenvalue weighted by atomic mass is 9.94. The lowest BCUT2D eigenvalue weighted by molar-refractivity contribution is -0.139.